The summed E-state index contributed by atoms with van der Waals surface area (Å²) < 4.78 is 25.5. The molecule has 2 aromatic rings. The van der Waals surface area contributed by atoms with E-state index in [1.165, 1.54) is 0 Å². The normalized spacial score (nSPS) is 16.0. The molecule has 1 N–H and O–H groups in total. The van der Waals surface area contributed by atoms with Gasteiger partial charge < -0.3 is 5.32 Å². The molecule has 1 saturated heterocycles. The van der Waals surface area contributed by atoms with E-state index in [1.54, 1.807) is 29.4 Å². The fourth-order valence-corrected chi connectivity index (χ4v) is 4.69. The molecule has 1 heterocycles. The van der Waals surface area contributed by atoms with Crippen molar-refractivity contribution in [3.8, 4) is 0 Å². The van der Waals surface area contributed by atoms with Crippen LogP contribution in [0.4, 0.5) is 5.69 Å². The largest absolute Gasteiger partial charge is 0.322 e. The van der Waals surface area contributed by atoms with Crippen LogP contribution in [0.15, 0.2) is 42.5 Å². The first-order valence-corrected chi connectivity index (χ1v) is 11.6. The number of nitrogens with zero attached hydrogens (tertiary/aromatic N) is 2. The van der Waals surface area contributed by atoms with Crippen LogP contribution in [0, 0.1) is 6.92 Å². The molecule has 29 heavy (non-hydrogen) atoms. The van der Waals surface area contributed by atoms with Gasteiger partial charge in [0.1, 0.15) is 0 Å². The lowest BCUT2D eigenvalue weighted by atomic mass is 10.1. The van der Waals surface area contributed by atoms with Gasteiger partial charge >= 0.3 is 0 Å². The molecule has 1 aliphatic heterocycles. The second kappa shape index (κ2) is 9.26. The fraction of sp³-hybridized carbons (Fsp3) is 0.381. The number of sulfonamides is 1. The van der Waals surface area contributed by atoms with Crippen molar-refractivity contribution < 1.29 is 13.2 Å². The Morgan fingerprint density at radius 3 is 2.48 bits per heavy atom. The molecule has 0 bridgehead atoms. The van der Waals surface area contributed by atoms with Crippen LogP contribution in [0.2, 0.25) is 5.02 Å². The van der Waals surface area contributed by atoms with Crippen molar-refractivity contribution in [2.75, 3.05) is 37.2 Å². The molecule has 1 amide bonds. The van der Waals surface area contributed by atoms with E-state index in [9.17, 15) is 13.2 Å². The molecule has 6 nitrogen and oxygen atoms in total. The van der Waals surface area contributed by atoms with Crippen LogP contribution in [0.5, 0.6) is 0 Å². The van der Waals surface area contributed by atoms with Gasteiger partial charge in [0, 0.05) is 49.0 Å². The Morgan fingerprint density at radius 2 is 1.83 bits per heavy atom. The van der Waals surface area contributed by atoms with Crippen LogP contribution < -0.4 is 5.32 Å². The van der Waals surface area contributed by atoms with E-state index in [0.717, 1.165) is 16.8 Å². The van der Waals surface area contributed by atoms with Gasteiger partial charge in [-0.3, -0.25) is 9.69 Å². The Labute approximate surface area is 177 Å². The summed E-state index contributed by atoms with van der Waals surface area (Å²) in [6, 6.07) is 12.9. The first kappa shape index (κ1) is 21.8. The number of carbonyl (C=O) groups excluding carboxylic acids is 1. The number of amides is 1. The number of rotatable bonds is 6. The first-order chi connectivity index (χ1) is 13.8. The number of nitrogens with one attached hydrogen (secondary N) is 1. The average molecular weight is 436 g/mol. The minimum absolute atomic E-state index is 0.136. The van der Waals surface area contributed by atoms with E-state index in [-0.39, 0.29) is 11.7 Å². The van der Waals surface area contributed by atoms with Crippen molar-refractivity contribution in [2.24, 2.45) is 0 Å². The van der Waals surface area contributed by atoms with Crippen molar-refractivity contribution in [1.29, 1.82) is 0 Å². The lowest BCUT2D eigenvalue weighted by Gasteiger charge is -2.33. The molecule has 0 spiro atoms. The summed E-state index contributed by atoms with van der Waals surface area (Å²) in [6.45, 7) is 6.62. The monoisotopic (exact) mass is 435 g/mol. The zero-order valence-corrected chi connectivity index (χ0v) is 18.3. The average Bonchev–Trinajstić information content (AvgIpc) is 2.70. The van der Waals surface area contributed by atoms with Gasteiger partial charge in [-0.05, 0) is 55.3 Å². The highest BCUT2D eigenvalue weighted by Gasteiger charge is 2.25. The van der Waals surface area contributed by atoms with Gasteiger partial charge in [-0.25, -0.2) is 8.42 Å². The summed E-state index contributed by atoms with van der Waals surface area (Å²) in [4.78, 5) is 14.9. The lowest BCUT2D eigenvalue weighted by Crippen LogP contribution is -2.48. The van der Waals surface area contributed by atoms with Crippen LogP contribution in [0.1, 0.15) is 28.4 Å². The Kier molecular flexibility index (Phi) is 6.95. The number of carbonyl (C=O) groups is 1. The molecule has 2 aromatic carbocycles. The van der Waals surface area contributed by atoms with E-state index in [0.29, 0.717) is 43.3 Å². The van der Waals surface area contributed by atoms with E-state index in [4.69, 9.17) is 11.6 Å². The van der Waals surface area contributed by atoms with Crippen LogP contribution in [-0.4, -0.2) is 55.5 Å². The zero-order chi connectivity index (χ0) is 21.0. The maximum atomic E-state index is 12.7. The molecule has 0 radical (unpaired) electrons. The molecular formula is C21H26ClN3O3S. The molecule has 0 unspecified atom stereocenters. The third-order valence-electron chi connectivity index (χ3n) is 5.12. The Balaban J connectivity index is 1.62. The van der Waals surface area contributed by atoms with E-state index in [1.807, 2.05) is 31.2 Å². The van der Waals surface area contributed by atoms with Crippen molar-refractivity contribution in [3.05, 3.63) is 64.2 Å². The van der Waals surface area contributed by atoms with Gasteiger partial charge in [-0.15, -0.1) is 0 Å². The molecule has 3 rings (SSSR count). The Hall–Kier alpha value is -1.93. The minimum atomic E-state index is -3.13. The number of aryl methyl sites for hydroxylation is 1. The fourth-order valence-electron chi connectivity index (χ4n) is 3.38. The van der Waals surface area contributed by atoms with E-state index in [2.05, 4.69) is 10.2 Å². The summed E-state index contributed by atoms with van der Waals surface area (Å²) in [5.74, 6) is -0.0341. The Morgan fingerprint density at radius 1 is 1.10 bits per heavy atom. The molecule has 1 aliphatic rings. The van der Waals surface area contributed by atoms with Crippen molar-refractivity contribution in [2.45, 2.75) is 20.4 Å². The standard InChI is InChI=1S/C21H26ClN3O3S/c1-3-29(27,28)25-11-9-24(10-12-25)15-17-5-4-6-18(14-17)21(26)23-20-8-7-19(22)13-16(20)2/h4-8,13-14H,3,9-12,15H2,1-2H3,(H,23,26). The van der Waals surface area contributed by atoms with Crippen molar-refractivity contribution in [3.63, 3.8) is 0 Å². The highest BCUT2D eigenvalue weighted by Crippen LogP contribution is 2.21. The second-order valence-corrected chi connectivity index (χ2v) is 9.88. The van der Waals surface area contributed by atoms with Gasteiger partial charge in [0.05, 0.1) is 5.75 Å². The van der Waals surface area contributed by atoms with Crippen LogP contribution in [0.3, 0.4) is 0 Å². The number of piperazine rings is 1. The number of anilines is 1. The van der Waals surface area contributed by atoms with Gasteiger partial charge in [0.2, 0.25) is 10.0 Å². The van der Waals surface area contributed by atoms with Gasteiger partial charge in [0.25, 0.3) is 5.91 Å². The van der Waals surface area contributed by atoms with E-state index >= 15 is 0 Å². The van der Waals surface area contributed by atoms with Crippen LogP contribution >= 0.6 is 11.6 Å². The smallest absolute Gasteiger partial charge is 0.255 e. The summed E-state index contributed by atoms with van der Waals surface area (Å²) in [5, 5.41) is 3.56. The van der Waals surface area contributed by atoms with Crippen molar-refractivity contribution in [1.82, 2.24) is 9.21 Å². The Bertz CT molecular complexity index is 986. The number of benzene rings is 2. The first-order valence-electron chi connectivity index (χ1n) is 9.65. The predicted molar refractivity (Wildman–Crippen MR) is 117 cm³/mol. The molecular weight excluding hydrogens is 410 g/mol. The molecule has 0 aromatic heterocycles. The number of halogens is 1. The highest BCUT2D eigenvalue weighted by molar-refractivity contribution is 7.89. The third kappa shape index (κ3) is 5.57. The predicted octanol–water partition coefficient (Wildman–Crippen LogP) is 3.37. The zero-order valence-electron chi connectivity index (χ0n) is 16.7. The summed E-state index contributed by atoms with van der Waals surface area (Å²) in [7, 11) is -3.13. The SMILES string of the molecule is CCS(=O)(=O)N1CCN(Cc2cccc(C(=O)Nc3ccc(Cl)cc3C)c2)CC1. The quantitative estimate of drug-likeness (QED) is 0.755. The molecule has 8 heteroatoms. The minimum Gasteiger partial charge on any atom is -0.322 e. The summed E-state index contributed by atoms with van der Waals surface area (Å²) in [6.07, 6.45) is 0. The molecule has 1 fully saturated rings. The second-order valence-electron chi connectivity index (χ2n) is 7.19. The third-order valence-corrected chi connectivity index (χ3v) is 7.24. The van der Waals surface area contributed by atoms with Gasteiger partial charge in [0.15, 0.2) is 0 Å². The summed E-state index contributed by atoms with van der Waals surface area (Å²) >= 11 is 5.97. The number of hydrogen-bond donors (Lipinski definition) is 1. The van der Waals surface area contributed by atoms with Crippen LogP contribution in [-0.2, 0) is 16.6 Å². The van der Waals surface area contributed by atoms with Crippen LogP contribution in [0.25, 0.3) is 0 Å². The van der Waals surface area contributed by atoms with Gasteiger partial charge in [-0.1, -0.05) is 23.7 Å². The lowest BCUT2D eigenvalue weighted by molar-refractivity contribution is 0.102. The molecule has 0 aliphatic carbocycles. The maximum Gasteiger partial charge on any atom is 0.255 e. The number of hydrogen-bond acceptors (Lipinski definition) is 4. The highest BCUT2D eigenvalue weighted by atomic mass is 35.5. The summed E-state index contributed by atoms with van der Waals surface area (Å²) in [5.41, 5.74) is 3.25. The van der Waals surface area contributed by atoms with Crippen molar-refractivity contribution >= 4 is 33.2 Å². The topological polar surface area (TPSA) is 69.7 Å². The molecule has 156 valence electrons. The molecule has 0 atom stereocenters. The molecule has 0 saturated carbocycles. The van der Waals surface area contributed by atoms with E-state index < -0.39 is 10.0 Å². The van der Waals surface area contributed by atoms with Gasteiger partial charge in [-0.2, -0.15) is 4.31 Å². The maximum absolute atomic E-state index is 12.7.